The highest BCUT2D eigenvalue weighted by Gasteiger charge is 2.23. The van der Waals surface area contributed by atoms with E-state index in [0.717, 1.165) is 0 Å². The fourth-order valence-electron chi connectivity index (χ4n) is 1.18. The lowest BCUT2D eigenvalue weighted by molar-refractivity contribution is 0.397. The maximum absolute atomic E-state index is 5.54. The summed E-state index contributed by atoms with van der Waals surface area (Å²) in [5.41, 5.74) is 0. The summed E-state index contributed by atoms with van der Waals surface area (Å²) in [7, 11) is 1.74. The lowest BCUT2D eigenvalue weighted by atomic mass is 10.5. The summed E-state index contributed by atoms with van der Waals surface area (Å²) in [5, 5.41) is 0. The third kappa shape index (κ3) is 5.95. The van der Waals surface area contributed by atoms with E-state index >= 15 is 0 Å². The molecule has 0 heterocycles. The van der Waals surface area contributed by atoms with E-state index in [0.29, 0.717) is 0 Å². The van der Waals surface area contributed by atoms with Crippen molar-refractivity contribution in [1.29, 1.82) is 0 Å². The first kappa shape index (κ1) is 14.4. The standard InChI is InChI=1S/C10H27NOSi2/c1-11(13(3,4)5)9-8-10-14(6,7)12-2/h8-10H2,1-7H3. The van der Waals surface area contributed by atoms with Gasteiger partial charge in [-0.3, -0.25) is 0 Å². The molecule has 0 N–H and O–H groups in total. The fraction of sp³-hybridized carbons (Fsp3) is 1.00. The molecule has 0 aliphatic rings. The Kier molecular flexibility index (Phi) is 5.58. The van der Waals surface area contributed by atoms with Crippen LogP contribution in [-0.4, -0.2) is 41.8 Å². The molecule has 0 aromatic rings. The van der Waals surface area contributed by atoms with Gasteiger partial charge in [-0.25, -0.2) is 0 Å². The molecule has 0 spiro atoms. The lowest BCUT2D eigenvalue weighted by Crippen LogP contribution is -2.44. The third-order valence-electron chi connectivity index (χ3n) is 2.97. The van der Waals surface area contributed by atoms with Crippen molar-refractivity contribution in [3.63, 3.8) is 0 Å². The van der Waals surface area contributed by atoms with Crippen LogP contribution >= 0.6 is 0 Å². The Hall–Kier alpha value is 0.354. The fourth-order valence-corrected chi connectivity index (χ4v) is 3.22. The molecule has 2 nitrogen and oxygen atoms in total. The molecule has 0 rings (SSSR count). The van der Waals surface area contributed by atoms with Gasteiger partial charge in [0.05, 0.1) is 0 Å². The van der Waals surface area contributed by atoms with Crippen molar-refractivity contribution in [1.82, 2.24) is 4.57 Å². The van der Waals surface area contributed by atoms with Crippen LogP contribution < -0.4 is 0 Å². The normalized spacial score (nSPS) is 13.7. The van der Waals surface area contributed by atoms with Crippen LogP contribution in [0.3, 0.4) is 0 Å². The zero-order valence-corrected chi connectivity index (χ0v) is 13.0. The molecule has 0 aromatic heterocycles. The summed E-state index contributed by atoms with van der Waals surface area (Å²) in [6, 6.07) is 1.28. The predicted molar refractivity (Wildman–Crippen MR) is 69.9 cm³/mol. The van der Waals surface area contributed by atoms with E-state index in [2.05, 4.69) is 44.3 Å². The minimum Gasteiger partial charge on any atom is -0.420 e. The molecule has 86 valence electrons. The number of nitrogens with zero attached hydrogens (tertiary/aromatic N) is 1. The Morgan fingerprint density at radius 3 is 1.93 bits per heavy atom. The van der Waals surface area contributed by atoms with E-state index in [4.69, 9.17) is 4.43 Å². The molecule has 0 amide bonds. The van der Waals surface area contributed by atoms with Gasteiger partial charge in [0.1, 0.15) is 8.24 Å². The van der Waals surface area contributed by atoms with Crippen LogP contribution in [0.15, 0.2) is 0 Å². The molecule has 14 heavy (non-hydrogen) atoms. The van der Waals surface area contributed by atoms with Gasteiger partial charge in [0.25, 0.3) is 0 Å². The van der Waals surface area contributed by atoms with Crippen LogP contribution in [0.2, 0.25) is 38.8 Å². The molecule has 0 aliphatic heterocycles. The van der Waals surface area contributed by atoms with Crippen LogP contribution in [0, 0.1) is 0 Å². The number of hydrogen-bond acceptors (Lipinski definition) is 2. The Morgan fingerprint density at radius 1 is 1.07 bits per heavy atom. The van der Waals surface area contributed by atoms with Crippen molar-refractivity contribution in [2.45, 2.75) is 45.2 Å². The van der Waals surface area contributed by atoms with Crippen molar-refractivity contribution >= 4 is 16.6 Å². The van der Waals surface area contributed by atoms with Gasteiger partial charge in [-0.05, 0) is 39.2 Å². The Labute approximate surface area is 91.9 Å². The summed E-state index contributed by atoms with van der Waals surface area (Å²) in [6.45, 7) is 13.0. The molecule has 0 aliphatic carbocycles. The van der Waals surface area contributed by atoms with Crippen LogP contribution in [-0.2, 0) is 4.43 Å². The predicted octanol–water partition coefficient (Wildman–Crippen LogP) is 2.99. The summed E-state index contributed by atoms with van der Waals surface area (Å²) in [5.74, 6) is 0. The Balaban J connectivity index is 3.75. The molecule has 0 saturated carbocycles. The van der Waals surface area contributed by atoms with Crippen LogP contribution in [0.5, 0.6) is 0 Å². The summed E-state index contributed by atoms with van der Waals surface area (Å²) < 4.78 is 8.09. The van der Waals surface area contributed by atoms with Crippen LogP contribution in [0.25, 0.3) is 0 Å². The summed E-state index contributed by atoms with van der Waals surface area (Å²) in [4.78, 5) is 0. The van der Waals surface area contributed by atoms with Crippen molar-refractivity contribution in [3.8, 4) is 0 Å². The second kappa shape index (κ2) is 5.44. The SMILES string of the molecule is CO[Si](C)(C)CCCN(C)[Si](C)(C)C. The molecule has 0 atom stereocenters. The van der Waals surface area contributed by atoms with Crippen molar-refractivity contribution in [2.24, 2.45) is 0 Å². The van der Waals surface area contributed by atoms with Gasteiger partial charge in [-0.1, -0.05) is 19.6 Å². The molecule has 0 fully saturated rings. The highest BCUT2D eigenvalue weighted by Crippen LogP contribution is 2.14. The minimum absolute atomic E-state index is 1.06. The molecular weight excluding hydrogens is 206 g/mol. The first-order valence-electron chi connectivity index (χ1n) is 5.45. The van der Waals surface area contributed by atoms with E-state index in [1.165, 1.54) is 19.0 Å². The van der Waals surface area contributed by atoms with Gasteiger partial charge in [0, 0.05) is 7.11 Å². The molecule has 0 saturated heterocycles. The second-order valence-electron chi connectivity index (χ2n) is 5.66. The average molecular weight is 234 g/mol. The molecule has 0 radical (unpaired) electrons. The van der Waals surface area contributed by atoms with Gasteiger partial charge < -0.3 is 8.99 Å². The van der Waals surface area contributed by atoms with Gasteiger partial charge in [-0.2, -0.15) is 0 Å². The van der Waals surface area contributed by atoms with Gasteiger partial charge in [0.2, 0.25) is 0 Å². The average Bonchev–Trinajstić information content (AvgIpc) is 2.02. The molecule has 0 bridgehead atoms. The van der Waals surface area contributed by atoms with E-state index in [9.17, 15) is 0 Å². The smallest absolute Gasteiger partial charge is 0.186 e. The van der Waals surface area contributed by atoms with Crippen molar-refractivity contribution in [3.05, 3.63) is 0 Å². The van der Waals surface area contributed by atoms with E-state index < -0.39 is 16.6 Å². The van der Waals surface area contributed by atoms with Gasteiger partial charge >= 0.3 is 0 Å². The van der Waals surface area contributed by atoms with E-state index in [-0.39, 0.29) is 0 Å². The highest BCUT2D eigenvalue weighted by atomic mass is 28.4. The summed E-state index contributed by atoms with van der Waals surface area (Å²) in [6.07, 6.45) is 1.29. The zero-order chi connectivity index (χ0) is 11.4. The molecule has 4 heteroatoms. The van der Waals surface area contributed by atoms with Crippen LogP contribution in [0.4, 0.5) is 0 Å². The largest absolute Gasteiger partial charge is 0.420 e. The van der Waals surface area contributed by atoms with E-state index in [1.807, 2.05) is 7.11 Å². The Bertz CT molecular complexity index is 166. The van der Waals surface area contributed by atoms with Crippen molar-refractivity contribution < 1.29 is 4.43 Å². The number of rotatable bonds is 6. The van der Waals surface area contributed by atoms with Crippen molar-refractivity contribution in [2.75, 3.05) is 20.7 Å². The molecule has 0 aromatic carbocycles. The molecule has 0 unspecified atom stereocenters. The topological polar surface area (TPSA) is 12.5 Å². The lowest BCUT2D eigenvalue weighted by Gasteiger charge is -2.31. The monoisotopic (exact) mass is 233 g/mol. The van der Waals surface area contributed by atoms with Gasteiger partial charge in [-0.15, -0.1) is 0 Å². The maximum atomic E-state index is 5.54. The molecular formula is C10H27NOSi2. The minimum atomic E-state index is -1.31. The third-order valence-corrected chi connectivity index (χ3v) is 8.15. The second-order valence-corrected chi connectivity index (χ2v) is 15.2. The van der Waals surface area contributed by atoms with Gasteiger partial charge in [0.15, 0.2) is 8.32 Å². The quantitative estimate of drug-likeness (QED) is 0.654. The highest BCUT2D eigenvalue weighted by molar-refractivity contribution is 6.73. The zero-order valence-electron chi connectivity index (χ0n) is 11.0. The van der Waals surface area contributed by atoms with E-state index in [1.54, 1.807) is 0 Å². The first-order chi connectivity index (χ1) is 6.19. The van der Waals surface area contributed by atoms with Crippen LogP contribution in [0.1, 0.15) is 6.42 Å². The first-order valence-corrected chi connectivity index (χ1v) is 12.0. The number of hydrogen-bond donors (Lipinski definition) is 0. The summed E-state index contributed by atoms with van der Waals surface area (Å²) >= 11 is 0. The Morgan fingerprint density at radius 2 is 1.57 bits per heavy atom. The maximum Gasteiger partial charge on any atom is 0.186 e.